The molecule has 0 fully saturated rings. The Morgan fingerprint density at radius 2 is 1.94 bits per heavy atom. The van der Waals surface area contributed by atoms with Crippen molar-refractivity contribution in [2.45, 2.75) is 20.0 Å². The summed E-state index contributed by atoms with van der Waals surface area (Å²) in [7, 11) is 0. The van der Waals surface area contributed by atoms with Crippen molar-refractivity contribution >= 4 is 11.3 Å². The summed E-state index contributed by atoms with van der Waals surface area (Å²) >= 11 is 1.66. The molecule has 2 nitrogen and oxygen atoms in total. The highest BCUT2D eigenvalue weighted by molar-refractivity contribution is 7.07. The van der Waals surface area contributed by atoms with Crippen molar-refractivity contribution in [3.05, 3.63) is 51.7 Å². The molecular weight excluding hydrogens is 230 g/mol. The Hall–Kier alpha value is -1.32. The van der Waals surface area contributed by atoms with Crippen LogP contribution in [-0.2, 0) is 0 Å². The van der Waals surface area contributed by atoms with Crippen LogP contribution in [0.5, 0.6) is 5.75 Å². The molecule has 17 heavy (non-hydrogen) atoms. The van der Waals surface area contributed by atoms with Crippen LogP contribution in [-0.4, -0.2) is 6.54 Å². The van der Waals surface area contributed by atoms with E-state index in [0.29, 0.717) is 6.54 Å². The van der Waals surface area contributed by atoms with Crippen molar-refractivity contribution < 1.29 is 4.74 Å². The zero-order valence-corrected chi connectivity index (χ0v) is 11.0. The molecule has 0 radical (unpaired) electrons. The Morgan fingerprint density at radius 1 is 1.24 bits per heavy atom. The predicted molar refractivity (Wildman–Crippen MR) is 72.7 cm³/mol. The number of benzene rings is 1. The standard InChI is InChI=1S/C14H17NOS/c1-10-5-11(2)7-13(6-10)16-14(8-15)12-3-4-17-9-12/h3-7,9,14H,8,15H2,1-2H3. The molecule has 1 unspecified atom stereocenters. The molecule has 0 amide bonds. The normalized spacial score (nSPS) is 12.4. The number of thiophene rings is 1. The van der Waals surface area contributed by atoms with Gasteiger partial charge in [-0.25, -0.2) is 0 Å². The Bertz CT molecular complexity index is 459. The van der Waals surface area contributed by atoms with Crippen LogP contribution in [0.3, 0.4) is 0 Å². The fourth-order valence-electron chi connectivity index (χ4n) is 1.88. The monoisotopic (exact) mass is 247 g/mol. The molecule has 2 N–H and O–H groups in total. The minimum atomic E-state index is -0.0533. The van der Waals surface area contributed by atoms with Gasteiger partial charge in [-0.1, -0.05) is 6.07 Å². The molecule has 0 aliphatic carbocycles. The van der Waals surface area contributed by atoms with Crippen LogP contribution in [0.25, 0.3) is 0 Å². The van der Waals surface area contributed by atoms with E-state index in [2.05, 4.69) is 31.4 Å². The highest BCUT2D eigenvalue weighted by atomic mass is 32.1. The molecule has 2 rings (SSSR count). The van der Waals surface area contributed by atoms with Gasteiger partial charge in [0.1, 0.15) is 11.9 Å². The molecule has 0 saturated heterocycles. The number of hydrogen-bond donors (Lipinski definition) is 1. The van der Waals surface area contributed by atoms with Gasteiger partial charge in [0.15, 0.2) is 0 Å². The third-order valence-electron chi connectivity index (χ3n) is 2.60. The quantitative estimate of drug-likeness (QED) is 0.898. The maximum Gasteiger partial charge on any atom is 0.137 e. The lowest BCUT2D eigenvalue weighted by atomic mass is 10.1. The van der Waals surface area contributed by atoms with Gasteiger partial charge in [0.2, 0.25) is 0 Å². The van der Waals surface area contributed by atoms with Crippen molar-refractivity contribution in [2.24, 2.45) is 5.73 Å². The molecule has 2 aromatic rings. The van der Waals surface area contributed by atoms with E-state index in [1.807, 2.05) is 17.5 Å². The molecule has 1 atom stereocenters. The topological polar surface area (TPSA) is 35.2 Å². The summed E-state index contributed by atoms with van der Waals surface area (Å²) in [5, 5.41) is 4.13. The number of hydrogen-bond acceptors (Lipinski definition) is 3. The van der Waals surface area contributed by atoms with E-state index in [-0.39, 0.29) is 6.10 Å². The van der Waals surface area contributed by atoms with E-state index in [1.165, 1.54) is 11.1 Å². The highest BCUT2D eigenvalue weighted by Gasteiger charge is 2.12. The van der Waals surface area contributed by atoms with E-state index in [4.69, 9.17) is 10.5 Å². The maximum atomic E-state index is 5.95. The summed E-state index contributed by atoms with van der Waals surface area (Å²) in [5.41, 5.74) is 9.34. The van der Waals surface area contributed by atoms with Crippen LogP contribution >= 0.6 is 11.3 Å². The van der Waals surface area contributed by atoms with Crippen LogP contribution in [0.1, 0.15) is 22.8 Å². The van der Waals surface area contributed by atoms with Gasteiger partial charge in [0.05, 0.1) is 0 Å². The summed E-state index contributed by atoms with van der Waals surface area (Å²) < 4.78 is 5.95. The van der Waals surface area contributed by atoms with E-state index in [9.17, 15) is 0 Å². The van der Waals surface area contributed by atoms with Crippen molar-refractivity contribution in [1.29, 1.82) is 0 Å². The summed E-state index contributed by atoms with van der Waals surface area (Å²) in [6, 6.07) is 8.28. The van der Waals surface area contributed by atoms with Crippen LogP contribution in [0.15, 0.2) is 35.0 Å². The average molecular weight is 247 g/mol. The molecule has 0 saturated carbocycles. The minimum absolute atomic E-state index is 0.0533. The summed E-state index contributed by atoms with van der Waals surface area (Å²) in [5.74, 6) is 0.893. The molecule has 0 spiro atoms. The molecular formula is C14H17NOS. The molecule has 1 aromatic heterocycles. The predicted octanol–water partition coefficient (Wildman–Crippen LogP) is 3.44. The van der Waals surface area contributed by atoms with Gasteiger partial charge in [0.25, 0.3) is 0 Å². The Morgan fingerprint density at radius 3 is 2.47 bits per heavy atom. The Balaban J connectivity index is 2.18. The number of rotatable bonds is 4. The lowest BCUT2D eigenvalue weighted by Gasteiger charge is -2.17. The van der Waals surface area contributed by atoms with Crippen LogP contribution in [0, 0.1) is 13.8 Å². The molecule has 3 heteroatoms. The molecule has 0 bridgehead atoms. The summed E-state index contributed by atoms with van der Waals surface area (Å²) in [4.78, 5) is 0. The third kappa shape index (κ3) is 3.08. The van der Waals surface area contributed by atoms with Crippen LogP contribution in [0.2, 0.25) is 0 Å². The molecule has 0 aliphatic heterocycles. The molecule has 90 valence electrons. The van der Waals surface area contributed by atoms with Crippen LogP contribution < -0.4 is 10.5 Å². The first-order valence-corrected chi connectivity index (χ1v) is 6.60. The van der Waals surface area contributed by atoms with Gasteiger partial charge in [-0.15, -0.1) is 0 Å². The van der Waals surface area contributed by atoms with Gasteiger partial charge in [-0.05, 0) is 53.9 Å². The van der Waals surface area contributed by atoms with Crippen molar-refractivity contribution in [1.82, 2.24) is 0 Å². The van der Waals surface area contributed by atoms with E-state index in [1.54, 1.807) is 11.3 Å². The van der Waals surface area contributed by atoms with Crippen molar-refractivity contribution in [3.63, 3.8) is 0 Å². The lowest BCUT2D eigenvalue weighted by Crippen LogP contribution is -2.17. The number of nitrogens with two attached hydrogens (primary N) is 1. The Kier molecular flexibility index (Phi) is 3.82. The van der Waals surface area contributed by atoms with Gasteiger partial charge < -0.3 is 10.5 Å². The fraction of sp³-hybridized carbons (Fsp3) is 0.286. The first-order valence-electron chi connectivity index (χ1n) is 5.66. The fourth-order valence-corrected chi connectivity index (χ4v) is 2.58. The first kappa shape index (κ1) is 12.1. The molecule has 1 aromatic carbocycles. The smallest absolute Gasteiger partial charge is 0.137 e. The second-order valence-corrected chi connectivity index (χ2v) is 5.00. The average Bonchev–Trinajstić information content (AvgIpc) is 2.77. The van der Waals surface area contributed by atoms with E-state index >= 15 is 0 Å². The number of ether oxygens (including phenoxy) is 1. The Labute approximate surface area is 106 Å². The SMILES string of the molecule is Cc1cc(C)cc(OC(CN)c2ccsc2)c1. The van der Waals surface area contributed by atoms with E-state index < -0.39 is 0 Å². The molecule has 1 heterocycles. The van der Waals surface area contributed by atoms with Gasteiger partial charge >= 0.3 is 0 Å². The minimum Gasteiger partial charge on any atom is -0.484 e. The van der Waals surface area contributed by atoms with Crippen molar-refractivity contribution in [2.75, 3.05) is 6.54 Å². The number of aryl methyl sites for hydroxylation is 2. The van der Waals surface area contributed by atoms with Gasteiger partial charge in [-0.3, -0.25) is 0 Å². The highest BCUT2D eigenvalue weighted by Crippen LogP contribution is 2.24. The first-order chi connectivity index (χ1) is 8.19. The van der Waals surface area contributed by atoms with Gasteiger partial charge in [-0.2, -0.15) is 11.3 Å². The maximum absolute atomic E-state index is 5.95. The second-order valence-electron chi connectivity index (χ2n) is 4.22. The second kappa shape index (κ2) is 5.34. The summed E-state index contributed by atoms with van der Waals surface area (Å²) in [6.45, 7) is 4.63. The van der Waals surface area contributed by atoms with E-state index in [0.717, 1.165) is 11.3 Å². The van der Waals surface area contributed by atoms with Crippen molar-refractivity contribution in [3.8, 4) is 5.75 Å². The zero-order valence-electron chi connectivity index (χ0n) is 10.1. The zero-order chi connectivity index (χ0) is 12.3. The molecule has 0 aliphatic rings. The summed E-state index contributed by atoms with van der Waals surface area (Å²) in [6.07, 6.45) is -0.0533. The van der Waals surface area contributed by atoms with Crippen LogP contribution in [0.4, 0.5) is 0 Å². The van der Waals surface area contributed by atoms with Gasteiger partial charge in [0, 0.05) is 12.1 Å². The lowest BCUT2D eigenvalue weighted by molar-refractivity contribution is 0.214. The third-order valence-corrected chi connectivity index (χ3v) is 3.30. The largest absolute Gasteiger partial charge is 0.484 e.